The van der Waals surface area contributed by atoms with E-state index in [0.29, 0.717) is 5.92 Å². The molecule has 2 rings (SSSR count). The first-order chi connectivity index (χ1) is 6.04. The second-order valence-corrected chi connectivity index (χ2v) is 7.54. The van der Waals surface area contributed by atoms with Crippen LogP contribution in [-0.4, -0.2) is 16.3 Å². The number of carbonyl (C=O) groups excluding carboxylic acids is 1. The monoisotopic (exact) mass is 310 g/mol. The van der Waals surface area contributed by atoms with Gasteiger partial charge in [-0.05, 0) is 31.6 Å². The zero-order valence-corrected chi connectivity index (χ0v) is 10.7. The Bertz CT molecular complexity index is 242. The van der Waals surface area contributed by atoms with Crippen LogP contribution in [0.2, 0.25) is 0 Å². The third kappa shape index (κ3) is 1.08. The molecule has 74 valence electrons. The minimum atomic E-state index is -0.313. The fourth-order valence-electron chi connectivity index (χ4n) is 2.73. The van der Waals surface area contributed by atoms with Gasteiger partial charge in [0.1, 0.15) is 0 Å². The van der Waals surface area contributed by atoms with Crippen LogP contribution in [0.15, 0.2) is 0 Å². The maximum Gasteiger partial charge on any atom is 0.314 e. The molecule has 0 heterocycles. The molecule has 4 heteroatoms. The summed E-state index contributed by atoms with van der Waals surface area (Å²) in [6.45, 7) is 0. The highest BCUT2D eigenvalue weighted by atomic mass is 79.9. The normalized spacial score (nSPS) is 40.7. The van der Waals surface area contributed by atoms with E-state index in [-0.39, 0.29) is 14.6 Å². The Hall–Kier alpha value is 0.430. The molecule has 0 aromatic carbocycles. The van der Waals surface area contributed by atoms with Crippen LogP contribution in [-0.2, 0) is 9.53 Å². The number of ether oxygens (including phenoxy) is 1. The van der Waals surface area contributed by atoms with E-state index < -0.39 is 0 Å². The molecule has 0 radical (unpaired) electrons. The zero-order valence-electron chi connectivity index (χ0n) is 7.48. The number of hydrogen-bond acceptors (Lipinski definition) is 2. The first-order valence-corrected chi connectivity index (χ1v) is 6.09. The van der Waals surface area contributed by atoms with Crippen molar-refractivity contribution in [3.05, 3.63) is 0 Å². The molecule has 2 fully saturated rings. The predicted molar refractivity (Wildman–Crippen MR) is 57.0 cm³/mol. The lowest BCUT2D eigenvalue weighted by Gasteiger charge is -2.31. The molecule has 13 heavy (non-hydrogen) atoms. The van der Waals surface area contributed by atoms with Crippen LogP contribution >= 0.6 is 31.9 Å². The molecule has 2 saturated carbocycles. The maximum absolute atomic E-state index is 11.7. The van der Waals surface area contributed by atoms with Crippen molar-refractivity contribution in [3.8, 4) is 0 Å². The number of halogens is 2. The van der Waals surface area contributed by atoms with Crippen LogP contribution in [0.25, 0.3) is 0 Å². The lowest BCUT2D eigenvalue weighted by atomic mass is 9.84. The third-order valence-corrected chi connectivity index (χ3v) is 6.38. The average Bonchev–Trinajstić information content (AvgIpc) is 2.53. The summed E-state index contributed by atoms with van der Waals surface area (Å²) in [6.07, 6.45) is 4.12. The summed E-state index contributed by atoms with van der Waals surface area (Å²) in [5.74, 6) is 0.507. The molecule has 0 N–H and O–H groups in total. The topological polar surface area (TPSA) is 26.3 Å². The van der Waals surface area contributed by atoms with Gasteiger partial charge in [0, 0.05) is 0 Å². The van der Waals surface area contributed by atoms with Crippen LogP contribution < -0.4 is 0 Å². The largest absolute Gasteiger partial charge is 0.469 e. The van der Waals surface area contributed by atoms with Gasteiger partial charge in [0.2, 0.25) is 0 Å². The van der Waals surface area contributed by atoms with Gasteiger partial charge < -0.3 is 4.74 Å². The molecule has 2 nitrogen and oxygen atoms in total. The molecule has 2 bridgehead atoms. The van der Waals surface area contributed by atoms with Crippen LogP contribution in [0.5, 0.6) is 0 Å². The van der Waals surface area contributed by atoms with E-state index >= 15 is 0 Å². The zero-order chi connectivity index (χ0) is 9.69. The Morgan fingerprint density at radius 1 is 1.38 bits per heavy atom. The molecule has 2 aliphatic carbocycles. The standard InChI is InChI=1S/C9H12Br2O2/c1-13-7(12)8-4-2-6(3-5-8)9(8,10)11/h6H,2-5H2,1H3. The fourth-order valence-corrected chi connectivity index (χ4v) is 4.77. The number of fused-ring (bicyclic) bond motifs is 2. The predicted octanol–water partition coefficient (Wildman–Crippen LogP) is 2.84. The van der Waals surface area contributed by atoms with Gasteiger partial charge >= 0.3 is 5.97 Å². The van der Waals surface area contributed by atoms with Crippen LogP contribution in [0, 0.1) is 11.3 Å². The minimum absolute atomic E-state index is 0.0683. The highest BCUT2D eigenvalue weighted by Gasteiger charge is 2.66. The smallest absolute Gasteiger partial charge is 0.314 e. The van der Waals surface area contributed by atoms with Gasteiger partial charge in [0.05, 0.1) is 15.8 Å². The van der Waals surface area contributed by atoms with Crippen molar-refractivity contribution >= 4 is 37.8 Å². The van der Waals surface area contributed by atoms with Gasteiger partial charge in [-0.3, -0.25) is 4.79 Å². The summed E-state index contributed by atoms with van der Waals surface area (Å²) in [5, 5.41) is 0. The van der Waals surface area contributed by atoms with Crippen LogP contribution in [0.1, 0.15) is 25.7 Å². The van der Waals surface area contributed by atoms with Gasteiger partial charge in [0.15, 0.2) is 0 Å². The van der Waals surface area contributed by atoms with Crippen LogP contribution in [0.3, 0.4) is 0 Å². The number of methoxy groups -OCH3 is 1. The molecule has 0 unspecified atom stereocenters. The van der Waals surface area contributed by atoms with Gasteiger partial charge in [0.25, 0.3) is 0 Å². The summed E-state index contributed by atoms with van der Waals surface area (Å²) in [4.78, 5) is 11.7. The molecule has 2 aliphatic rings. The molecule has 0 aromatic rings. The van der Waals surface area contributed by atoms with Crippen molar-refractivity contribution in [1.29, 1.82) is 0 Å². The van der Waals surface area contributed by atoms with Gasteiger partial charge in [-0.15, -0.1) is 0 Å². The number of rotatable bonds is 1. The van der Waals surface area contributed by atoms with E-state index in [1.54, 1.807) is 0 Å². The van der Waals surface area contributed by atoms with Crippen molar-refractivity contribution in [3.63, 3.8) is 0 Å². The third-order valence-electron chi connectivity index (χ3n) is 3.57. The summed E-state index contributed by atoms with van der Waals surface area (Å²) >= 11 is 7.30. The second kappa shape index (κ2) is 2.96. The SMILES string of the molecule is COC(=O)C12CCC(CC1)C2(Br)Br. The van der Waals surface area contributed by atoms with E-state index in [4.69, 9.17) is 4.74 Å². The fraction of sp³-hybridized carbons (Fsp3) is 0.889. The quantitative estimate of drug-likeness (QED) is 0.550. The lowest BCUT2D eigenvalue weighted by molar-refractivity contribution is -0.152. The van der Waals surface area contributed by atoms with E-state index in [0.717, 1.165) is 25.7 Å². The second-order valence-electron chi connectivity index (χ2n) is 3.97. The number of alkyl halides is 2. The number of carbonyl (C=O) groups is 1. The Labute approximate surface area is 94.7 Å². The van der Waals surface area contributed by atoms with Crippen molar-refractivity contribution in [2.24, 2.45) is 11.3 Å². The number of esters is 1. The van der Waals surface area contributed by atoms with Gasteiger partial charge in [-0.1, -0.05) is 31.9 Å². The van der Waals surface area contributed by atoms with Crippen molar-refractivity contribution in [2.75, 3.05) is 7.11 Å². The van der Waals surface area contributed by atoms with Crippen molar-refractivity contribution in [2.45, 2.75) is 28.9 Å². The molecule has 0 aliphatic heterocycles. The van der Waals surface area contributed by atoms with E-state index in [9.17, 15) is 4.79 Å². The minimum Gasteiger partial charge on any atom is -0.469 e. The Kier molecular flexibility index (Phi) is 2.27. The highest BCUT2D eigenvalue weighted by molar-refractivity contribution is 9.25. The molecule has 0 saturated heterocycles. The number of hydrogen-bond donors (Lipinski definition) is 0. The molecule has 0 spiro atoms. The first kappa shape index (κ1) is 9.97. The summed E-state index contributed by atoms with van der Waals surface area (Å²) < 4.78 is 4.68. The van der Waals surface area contributed by atoms with E-state index in [2.05, 4.69) is 31.9 Å². The molecular weight excluding hydrogens is 300 g/mol. The van der Waals surface area contributed by atoms with Crippen molar-refractivity contribution < 1.29 is 9.53 Å². The maximum atomic E-state index is 11.7. The molecule has 0 amide bonds. The Morgan fingerprint density at radius 2 is 1.92 bits per heavy atom. The van der Waals surface area contributed by atoms with E-state index in [1.165, 1.54) is 7.11 Å². The van der Waals surface area contributed by atoms with Gasteiger partial charge in [-0.2, -0.15) is 0 Å². The molecule has 0 atom stereocenters. The lowest BCUT2D eigenvalue weighted by Crippen LogP contribution is -2.39. The average molecular weight is 312 g/mol. The summed E-state index contributed by atoms with van der Waals surface area (Å²) in [6, 6.07) is 0. The molecular formula is C9H12Br2O2. The Balaban J connectivity index is 2.37. The Morgan fingerprint density at radius 3 is 2.23 bits per heavy atom. The summed E-state index contributed by atoms with van der Waals surface area (Å²) in [5.41, 5.74) is -0.313. The summed E-state index contributed by atoms with van der Waals surface area (Å²) in [7, 11) is 1.47. The first-order valence-electron chi connectivity index (χ1n) is 4.51. The van der Waals surface area contributed by atoms with Crippen molar-refractivity contribution in [1.82, 2.24) is 0 Å². The van der Waals surface area contributed by atoms with Crippen LogP contribution in [0.4, 0.5) is 0 Å². The van der Waals surface area contributed by atoms with E-state index in [1.807, 2.05) is 0 Å². The van der Waals surface area contributed by atoms with Gasteiger partial charge in [-0.25, -0.2) is 0 Å². The highest BCUT2D eigenvalue weighted by Crippen LogP contribution is 2.68. The molecule has 0 aromatic heterocycles.